The van der Waals surface area contributed by atoms with Gasteiger partial charge in [0, 0.05) is 24.5 Å². The average Bonchev–Trinajstić information content (AvgIpc) is 3.14. The molecule has 142 valence electrons. The number of ether oxygens (including phenoxy) is 1. The Hall–Kier alpha value is -2.82. The molecule has 0 bridgehead atoms. The van der Waals surface area contributed by atoms with Crippen molar-refractivity contribution in [2.24, 2.45) is 0 Å². The number of rotatable bonds is 8. The highest BCUT2D eigenvalue weighted by molar-refractivity contribution is 6.30. The summed E-state index contributed by atoms with van der Waals surface area (Å²) >= 11 is 5.92. The van der Waals surface area contributed by atoms with Gasteiger partial charge in [0.2, 0.25) is 0 Å². The summed E-state index contributed by atoms with van der Waals surface area (Å²) < 4.78 is 5.90. The summed E-state index contributed by atoms with van der Waals surface area (Å²) in [7, 11) is 0. The number of para-hydroxylation sites is 2. The number of nitrogens with zero attached hydrogens (tertiary/aromatic N) is 1. The molecule has 0 aliphatic rings. The first-order chi connectivity index (χ1) is 13.8. The highest BCUT2D eigenvalue weighted by Crippen LogP contribution is 2.16. The van der Waals surface area contributed by atoms with Crippen molar-refractivity contribution in [3.63, 3.8) is 0 Å². The van der Waals surface area contributed by atoms with Crippen molar-refractivity contribution in [1.82, 2.24) is 15.3 Å². The molecule has 0 radical (unpaired) electrons. The van der Waals surface area contributed by atoms with Gasteiger partial charge in [-0.05, 0) is 47.5 Å². The first-order valence-electron chi connectivity index (χ1n) is 9.37. The third kappa shape index (κ3) is 4.91. The van der Waals surface area contributed by atoms with Crippen LogP contribution in [0.25, 0.3) is 11.0 Å². The fraction of sp³-hybridized carbons (Fsp3) is 0.174. The van der Waals surface area contributed by atoms with Crippen LogP contribution in [0.4, 0.5) is 0 Å². The third-order valence-electron chi connectivity index (χ3n) is 4.52. The average molecular weight is 392 g/mol. The molecule has 0 aliphatic carbocycles. The number of aromatic amines is 1. The minimum absolute atomic E-state index is 0.528. The van der Waals surface area contributed by atoms with Crippen molar-refractivity contribution in [2.45, 2.75) is 19.6 Å². The standard InChI is InChI=1S/C23H22ClN3O/c24-19-10-8-17(9-11-19)16-28-20-5-3-4-18(14-20)15-25-13-12-23-26-21-6-1-2-7-22(21)27-23/h1-11,14,25H,12-13,15-16H2,(H,26,27). The Morgan fingerprint density at radius 1 is 0.929 bits per heavy atom. The van der Waals surface area contributed by atoms with Crippen molar-refractivity contribution in [1.29, 1.82) is 0 Å². The highest BCUT2D eigenvalue weighted by Gasteiger charge is 2.02. The maximum atomic E-state index is 5.92. The van der Waals surface area contributed by atoms with Crippen LogP contribution in [0.2, 0.25) is 5.02 Å². The van der Waals surface area contributed by atoms with Crippen LogP contribution in [-0.2, 0) is 19.6 Å². The van der Waals surface area contributed by atoms with E-state index in [9.17, 15) is 0 Å². The van der Waals surface area contributed by atoms with Gasteiger partial charge in [-0.3, -0.25) is 0 Å². The Balaban J connectivity index is 1.25. The predicted molar refractivity (Wildman–Crippen MR) is 114 cm³/mol. The van der Waals surface area contributed by atoms with Gasteiger partial charge in [0.1, 0.15) is 18.2 Å². The lowest BCUT2D eigenvalue weighted by Gasteiger charge is -2.09. The van der Waals surface area contributed by atoms with Crippen molar-refractivity contribution >= 4 is 22.6 Å². The van der Waals surface area contributed by atoms with E-state index in [2.05, 4.69) is 33.5 Å². The Morgan fingerprint density at radius 2 is 1.79 bits per heavy atom. The van der Waals surface area contributed by atoms with Gasteiger partial charge in [-0.15, -0.1) is 0 Å². The molecule has 0 amide bonds. The largest absolute Gasteiger partial charge is 0.489 e. The van der Waals surface area contributed by atoms with Gasteiger partial charge in [0.15, 0.2) is 0 Å². The normalized spacial score (nSPS) is 11.0. The zero-order valence-corrected chi connectivity index (χ0v) is 16.2. The van der Waals surface area contributed by atoms with Gasteiger partial charge in [-0.2, -0.15) is 0 Å². The molecular formula is C23H22ClN3O. The summed E-state index contributed by atoms with van der Waals surface area (Å²) in [5, 5.41) is 4.21. The molecule has 28 heavy (non-hydrogen) atoms. The number of aromatic nitrogens is 2. The van der Waals surface area contributed by atoms with Crippen molar-refractivity contribution in [3.8, 4) is 5.75 Å². The van der Waals surface area contributed by atoms with Crippen LogP contribution < -0.4 is 10.1 Å². The zero-order valence-electron chi connectivity index (χ0n) is 15.5. The molecule has 0 spiro atoms. The highest BCUT2D eigenvalue weighted by atomic mass is 35.5. The Kier molecular flexibility index (Phi) is 5.90. The van der Waals surface area contributed by atoms with Crippen LogP contribution in [0.3, 0.4) is 0 Å². The first-order valence-corrected chi connectivity index (χ1v) is 9.74. The quantitative estimate of drug-likeness (QED) is 0.409. The first kappa shape index (κ1) is 18.5. The van der Waals surface area contributed by atoms with E-state index in [4.69, 9.17) is 16.3 Å². The summed E-state index contributed by atoms with van der Waals surface area (Å²) in [6.45, 7) is 2.17. The summed E-state index contributed by atoms with van der Waals surface area (Å²) in [6, 6.07) is 24.0. The van der Waals surface area contributed by atoms with E-state index in [1.807, 2.05) is 54.6 Å². The van der Waals surface area contributed by atoms with Crippen LogP contribution in [0.5, 0.6) is 5.75 Å². The van der Waals surface area contributed by atoms with E-state index in [0.717, 1.165) is 52.7 Å². The lowest BCUT2D eigenvalue weighted by atomic mass is 10.2. The molecule has 5 heteroatoms. The molecular weight excluding hydrogens is 370 g/mol. The van der Waals surface area contributed by atoms with Crippen molar-refractivity contribution in [2.75, 3.05) is 6.54 Å². The van der Waals surface area contributed by atoms with Gasteiger partial charge < -0.3 is 15.0 Å². The fourth-order valence-corrected chi connectivity index (χ4v) is 3.18. The van der Waals surface area contributed by atoms with E-state index in [1.165, 1.54) is 5.56 Å². The van der Waals surface area contributed by atoms with Gasteiger partial charge in [-0.25, -0.2) is 4.98 Å². The minimum atomic E-state index is 0.528. The number of nitrogens with one attached hydrogen (secondary N) is 2. The topological polar surface area (TPSA) is 49.9 Å². The van der Waals surface area contributed by atoms with Gasteiger partial charge in [-0.1, -0.05) is 48.0 Å². The Morgan fingerprint density at radius 3 is 2.64 bits per heavy atom. The zero-order chi connectivity index (χ0) is 19.2. The monoisotopic (exact) mass is 391 g/mol. The molecule has 0 aliphatic heterocycles. The number of fused-ring (bicyclic) bond motifs is 1. The number of hydrogen-bond donors (Lipinski definition) is 2. The van der Waals surface area contributed by atoms with E-state index in [0.29, 0.717) is 6.61 Å². The fourth-order valence-electron chi connectivity index (χ4n) is 3.06. The minimum Gasteiger partial charge on any atom is -0.489 e. The predicted octanol–water partition coefficient (Wildman–Crippen LogP) is 5.13. The van der Waals surface area contributed by atoms with Crippen LogP contribution >= 0.6 is 11.6 Å². The number of halogens is 1. The second kappa shape index (κ2) is 8.91. The lowest BCUT2D eigenvalue weighted by Crippen LogP contribution is -2.17. The third-order valence-corrected chi connectivity index (χ3v) is 4.78. The molecule has 4 aromatic rings. The van der Waals surface area contributed by atoms with E-state index in [-0.39, 0.29) is 0 Å². The maximum absolute atomic E-state index is 5.92. The van der Waals surface area contributed by atoms with Crippen LogP contribution in [0.15, 0.2) is 72.8 Å². The molecule has 0 atom stereocenters. The second-order valence-corrected chi connectivity index (χ2v) is 7.13. The molecule has 0 saturated heterocycles. The summed E-state index contributed by atoms with van der Waals surface area (Å²) in [5.74, 6) is 1.88. The molecule has 4 nitrogen and oxygen atoms in total. The number of benzene rings is 3. The van der Waals surface area contributed by atoms with Crippen LogP contribution in [0, 0.1) is 0 Å². The molecule has 4 rings (SSSR count). The summed E-state index contributed by atoms with van der Waals surface area (Å²) in [6.07, 6.45) is 0.863. The number of imidazole rings is 1. The SMILES string of the molecule is Clc1ccc(COc2cccc(CNCCc3nc4ccccc4[nH]3)c2)cc1. The maximum Gasteiger partial charge on any atom is 0.120 e. The Bertz CT molecular complexity index is 1010. The molecule has 0 saturated carbocycles. The van der Waals surface area contributed by atoms with Gasteiger partial charge in [0.25, 0.3) is 0 Å². The molecule has 0 unspecified atom stereocenters. The molecule has 2 N–H and O–H groups in total. The van der Waals surface area contributed by atoms with E-state index >= 15 is 0 Å². The number of H-pyrrole nitrogens is 1. The molecule has 3 aromatic carbocycles. The van der Waals surface area contributed by atoms with Gasteiger partial charge in [0.05, 0.1) is 11.0 Å². The second-order valence-electron chi connectivity index (χ2n) is 6.69. The van der Waals surface area contributed by atoms with E-state index < -0.39 is 0 Å². The van der Waals surface area contributed by atoms with Crippen molar-refractivity contribution < 1.29 is 4.74 Å². The Labute approximate surface area is 169 Å². The van der Waals surface area contributed by atoms with Crippen LogP contribution in [-0.4, -0.2) is 16.5 Å². The lowest BCUT2D eigenvalue weighted by molar-refractivity contribution is 0.306. The summed E-state index contributed by atoms with van der Waals surface area (Å²) in [5.41, 5.74) is 4.39. The molecule has 1 heterocycles. The van der Waals surface area contributed by atoms with Crippen molar-refractivity contribution in [3.05, 3.63) is 94.8 Å². The van der Waals surface area contributed by atoms with Gasteiger partial charge >= 0.3 is 0 Å². The molecule has 1 aromatic heterocycles. The number of hydrogen-bond acceptors (Lipinski definition) is 3. The summed E-state index contributed by atoms with van der Waals surface area (Å²) in [4.78, 5) is 7.97. The smallest absolute Gasteiger partial charge is 0.120 e. The van der Waals surface area contributed by atoms with Crippen LogP contribution in [0.1, 0.15) is 17.0 Å². The molecule has 0 fully saturated rings. The van der Waals surface area contributed by atoms with E-state index in [1.54, 1.807) is 0 Å².